The van der Waals surface area contributed by atoms with Gasteiger partial charge in [-0.05, 0) is 23.8 Å². The first kappa shape index (κ1) is 18.4. The molecule has 2 aromatic rings. The van der Waals surface area contributed by atoms with Crippen LogP contribution in [0.2, 0.25) is 0 Å². The van der Waals surface area contributed by atoms with Crippen LogP contribution in [0.25, 0.3) is 0 Å². The van der Waals surface area contributed by atoms with Gasteiger partial charge < -0.3 is 10.1 Å². The Bertz CT molecular complexity index is 761. The number of hydrogen-bond donors (Lipinski definition) is 1. The lowest BCUT2D eigenvalue weighted by Crippen LogP contribution is -2.24. The van der Waals surface area contributed by atoms with Crippen LogP contribution < -0.4 is 5.32 Å². The molecule has 0 atom stereocenters. The highest BCUT2D eigenvalue weighted by atomic mass is 19.4. The number of hydrogen-bond acceptors (Lipinski definition) is 2. The molecule has 2 aromatic carbocycles. The first-order valence-electron chi connectivity index (χ1n) is 7.56. The molecule has 3 nitrogen and oxygen atoms in total. The predicted molar refractivity (Wildman–Crippen MR) is 87.6 cm³/mol. The zero-order chi connectivity index (χ0) is 18.1. The zero-order valence-corrected chi connectivity index (χ0v) is 13.3. The third-order valence-electron chi connectivity index (χ3n) is 3.15. The van der Waals surface area contributed by atoms with Crippen LogP contribution in [0, 0.1) is 11.8 Å². The SMILES string of the molecule is O=C(NCCC#Cc1cccc(C(F)(F)F)c1)OCc1ccccc1. The van der Waals surface area contributed by atoms with E-state index >= 15 is 0 Å². The lowest BCUT2D eigenvalue weighted by atomic mass is 10.1. The predicted octanol–water partition coefficient (Wildman–Crippen LogP) is 4.37. The standard InChI is InChI=1S/C19H16F3NO2/c20-19(21,22)17-11-6-10-15(13-17)7-4-5-12-23-18(24)25-14-16-8-2-1-3-9-16/h1-3,6,8-11,13H,5,12,14H2,(H,23,24). The number of nitrogens with one attached hydrogen (secondary N) is 1. The van der Waals surface area contributed by atoms with E-state index in [9.17, 15) is 18.0 Å². The van der Waals surface area contributed by atoms with E-state index in [1.54, 1.807) is 0 Å². The molecule has 0 aliphatic carbocycles. The number of halogens is 3. The molecule has 0 aromatic heterocycles. The van der Waals surface area contributed by atoms with Crippen molar-refractivity contribution in [1.29, 1.82) is 0 Å². The molecule has 6 heteroatoms. The number of ether oxygens (including phenoxy) is 1. The molecule has 0 radical (unpaired) electrons. The lowest BCUT2D eigenvalue weighted by Gasteiger charge is -2.06. The molecule has 0 aliphatic rings. The van der Waals surface area contributed by atoms with Gasteiger partial charge in [0.05, 0.1) is 5.56 Å². The Kier molecular flexibility index (Phi) is 6.47. The van der Waals surface area contributed by atoms with Gasteiger partial charge >= 0.3 is 12.3 Å². The van der Waals surface area contributed by atoms with Crippen LogP contribution in [0.15, 0.2) is 54.6 Å². The van der Waals surface area contributed by atoms with E-state index in [1.165, 1.54) is 12.1 Å². The third kappa shape index (κ3) is 6.60. The highest BCUT2D eigenvalue weighted by molar-refractivity contribution is 5.67. The average molecular weight is 347 g/mol. The minimum absolute atomic E-state index is 0.169. The summed E-state index contributed by atoms with van der Waals surface area (Å²) in [4.78, 5) is 11.5. The fourth-order valence-electron chi connectivity index (χ4n) is 1.94. The first-order valence-corrected chi connectivity index (χ1v) is 7.56. The van der Waals surface area contributed by atoms with Gasteiger partial charge in [-0.2, -0.15) is 13.2 Å². The number of alkyl halides is 3. The topological polar surface area (TPSA) is 38.3 Å². The van der Waals surface area contributed by atoms with Crippen LogP contribution in [0.1, 0.15) is 23.1 Å². The molecular weight excluding hydrogens is 331 g/mol. The number of rotatable bonds is 4. The summed E-state index contributed by atoms with van der Waals surface area (Å²) in [5, 5.41) is 2.53. The summed E-state index contributed by atoms with van der Waals surface area (Å²) in [6, 6.07) is 14.0. The van der Waals surface area contributed by atoms with Crippen LogP contribution >= 0.6 is 0 Å². The second-order valence-corrected chi connectivity index (χ2v) is 5.12. The first-order chi connectivity index (χ1) is 11.9. The van der Waals surface area contributed by atoms with Crippen LogP contribution in [0.3, 0.4) is 0 Å². The molecular formula is C19H16F3NO2. The Morgan fingerprint density at radius 2 is 1.84 bits per heavy atom. The summed E-state index contributed by atoms with van der Waals surface area (Å²) < 4.78 is 42.8. The van der Waals surface area contributed by atoms with Gasteiger partial charge in [0.15, 0.2) is 0 Å². The Balaban J connectivity index is 1.73. The highest BCUT2D eigenvalue weighted by Crippen LogP contribution is 2.29. The molecule has 0 saturated heterocycles. The molecule has 0 unspecified atom stereocenters. The maximum Gasteiger partial charge on any atom is 0.416 e. The van der Waals surface area contributed by atoms with Crippen molar-refractivity contribution >= 4 is 6.09 Å². The number of carbonyl (C=O) groups excluding carboxylic acids is 1. The summed E-state index contributed by atoms with van der Waals surface area (Å²) in [5.74, 6) is 5.37. The normalized spacial score (nSPS) is 10.5. The second kappa shape index (κ2) is 8.78. The van der Waals surface area contributed by atoms with E-state index in [1.807, 2.05) is 30.3 Å². The lowest BCUT2D eigenvalue weighted by molar-refractivity contribution is -0.137. The second-order valence-electron chi connectivity index (χ2n) is 5.12. The van der Waals surface area contributed by atoms with Crippen molar-refractivity contribution in [3.8, 4) is 11.8 Å². The summed E-state index contributed by atoms with van der Waals surface area (Å²) >= 11 is 0. The van der Waals surface area contributed by atoms with Gasteiger partial charge in [-0.1, -0.05) is 48.2 Å². The summed E-state index contributed by atoms with van der Waals surface area (Å²) in [6.07, 6.45) is -4.65. The van der Waals surface area contributed by atoms with Crippen LogP contribution in [0.5, 0.6) is 0 Å². The van der Waals surface area contributed by atoms with Crippen molar-refractivity contribution in [3.05, 3.63) is 71.3 Å². The molecule has 0 fully saturated rings. The van der Waals surface area contributed by atoms with Crippen LogP contribution in [-0.4, -0.2) is 12.6 Å². The Morgan fingerprint density at radius 3 is 2.56 bits per heavy atom. The molecule has 0 heterocycles. The van der Waals surface area contributed by atoms with E-state index in [4.69, 9.17) is 4.74 Å². The minimum Gasteiger partial charge on any atom is -0.445 e. The molecule has 0 bridgehead atoms. The van der Waals surface area contributed by atoms with Crippen LogP contribution in [-0.2, 0) is 17.5 Å². The highest BCUT2D eigenvalue weighted by Gasteiger charge is 2.30. The molecule has 0 aliphatic heterocycles. The van der Waals surface area contributed by atoms with E-state index in [2.05, 4.69) is 17.2 Å². The minimum atomic E-state index is -4.39. The average Bonchev–Trinajstić information content (AvgIpc) is 2.60. The molecule has 1 amide bonds. The van der Waals surface area contributed by atoms with Gasteiger partial charge in [0, 0.05) is 18.5 Å². The largest absolute Gasteiger partial charge is 0.445 e. The van der Waals surface area contributed by atoms with Gasteiger partial charge in [-0.15, -0.1) is 0 Å². The number of benzene rings is 2. The fourth-order valence-corrected chi connectivity index (χ4v) is 1.94. The van der Waals surface area contributed by atoms with Gasteiger partial charge in [-0.25, -0.2) is 4.79 Å². The summed E-state index contributed by atoms with van der Waals surface area (Å²) in [6.45, 7) is 0.419. The van der Waals surface area contributed by atoms with E-state index in [0.717, 1.165) is 17.7 Å². The molecule has 130 valence electrons. The van der Waals surface area contributed by atoms with Crippen molar-refractivity contribution in [2.75, 3.05) is 6.54 Å². The Morgan fingerprint density at radius 1 is 1.08 bits per heavy atom. The Labute approximate surface area is 143 Å². The summed E-state index contributed by atoms with van der Waals surface area (Å²) in [7, 11) is 0. The van der Waals surface area contributed by atoms with Crippen molar-refractivity contribution in [1.82, 2.24) is 5.32 Å². The number of alkyl carbamates (subject to hydrolysis) is 1. The fraction of sp³-hybridized carbons (Fsp3) is 0.211. The zero-order valence-electron chi connectivity index (χ0n) is 13.3. The maximum absolute atomic E-state index is 12.6. The number of carbonyl (C=O) groups is 1. The van der Waals surface area contributed by atoms with Gasteiger partial charge in [0.1, 0.15) is 6.61 Å². The van der Waals surface area contributed by atoms with E-state index in [0.29, 0.717) is 6.42 Å². The van der Waals surface area contributed by atoms with Crippen molar-refractivity contribution in [2.24, 2.45) is 0 Å². The number of amides is 1. The molecule has 25 heavy (non-hydrogen) atoms. The Hall–Kier alpha value is -2.94. The van der Waals surface area contributed by atoms with E-state index < -0.39 is 17.8 Å². The van der Waals surface area contributed by atoms with Crippen molar-refractivity contribution < 1.29 is 22.7 Å². The molecule has 1 N–H and O–H groups in total. The molecule has 0 saturated carbocycles. The van der Waals surface area contributed by atoms with Gasteiger partial charge in [0.2, 0.25) is 0 Å². The summed E-state index contributed by atoms with van der Waals surface area (Å²) in [5.41, 5.74) is 0.422. The molecule has 0 spiro atoms. The van der Waals surface area contributed by atoms with Gasteiger partial charge in [0.25, 0.3) is 0 Å². The van der Waals surface area contributed by atoms with Crippen molar-refractivity contribution in [3.63, 3.8) is 0 Å². The maximum atomic E-state index is 12.6. The van der Waals surface area contributed by atoms with E-state index in [-0.39, 0.29) is 18.7 Å². The van der Waals surface area contributed by atoms with Gasteiger partial charge in [-0.3, -0.25) is 0 Å². The smallest absolute Gasteiger partial charge is 0.416 e. The molecule has 2 rings (SSSR count). The van der Waals surface area contributed by atoms with Crippen LogP contribution in [0.4, 0.5) is 18.0 Å². The third-order valence-corrected chi connectivity index (χ3v) is 3.15. The monoisotopic (exact) mass is 347 g/mol. The van der Waals surface area contributed by atoms with Crippen molar-refractivity contribution in [2.45, 2.75) is 19.2 Å². The quantitative estimate of drug-likeness (QED) is 0.659.